The van der Waals surface area contributed by atoms with Crippen LogP contribution in [0.4, 0.5) is 0 Å². The summed E-state index contributed by atoms with van der Waals surface area (Å²) < 4.78 is 1.79. The molecule has 2 aromatic rings. The Hall–Kier alpha value is -2.30. The quantitative estimate of drug-likeness (QED) is 0.622. The summed E-state index contributed by atoms with van der Waals surface area (Å²) in [6.45, 7) is 1.32. The Balaban J connectivity index is 1.75. The maximum absolute atomic E-state index is 5.81. The second kappa shape index (κ2) is 6.58. The van der Waals surface area contributed by atoms with Gasteiger partial charge in [0, 0.05) is 19.8 Å². The van der Waals surface area contributed by atoms with Crippen molar-refractivity contribution in [2.75, 3.05) is 6.54 Å². The zero-order valence-electron chi connectivity index (χ0n) is 11.1. The molecule has 0 saturated heterocycles. The van der Waals surface area contributed by atoms with Gasteiger partial charge in [0.2, 0.25) is 0 Å². The molecule has 100 valence electrons. The molecule has 5 nitrogen and oxygen atoms in total. The number of aryl methyl sites for hydroxylation is 1. The Morgan fingerprint density at radius 2 is 2.11 bits per heavy atom. The SMILES string of the molecule is Cn1nccc1CN=C(N)NCCc1ccccc1. The van der Waals surface area contributed by atoms with Gasteiger partial charge in [-0.25, -0.2) is 4.99 Å². The van der Waals surface area contributed by atoms with Gasteiger partial charge in [-0.3, -0.25) is 4.68 Å². The number of guanidine groups is 1. The molecule has 0 radical (unpaired) electrons. The van der Waals surface area contributed by atoms with Crippen molar-refractivity contribution in [3.63, 3.8) is 0 Å². The number of hydrogen-bond acceptors (Lipinski definition) is 2. The number of rotatable bonds is 5. The van der Waals surface area contributed by atoms with Crippen molar-refractivity contribution in [3.8, 4) is 0 Å². The van der Waals surface area contributed by atoms with Gasteiger partial charge < -0.3 is 11.1 Å². The van der Waals surface area contributed by atoms with Crippen LogP contribution in [0.1, 0.15) is 11.3 Å². The van der Waals surface area contributed by atoms with Crippen molar-refractivity contribution in [1.82, 2.24) is 15.1 Å². The van der Waals surface area contributed by atoms with Crippen molar-refractivity contribution in [2.45, 2.75) is 13.0 Å². The first-order valence-electron chi connectivity index (χ1n) is 6.30. The van der Waals surface area contributed by atoms with E-state index in [9.17, 15) is 0 Å². The Bertz CT molecular complexity index is 530. The van der Waals surface area contributed by atoms with Gasteiger partial charge in [0.15, 0.2) is 5.96 Å². The third-order valence-electron chi connectivity index (χ3n) is 2.90. The van der Waals surface area contributed by atoms with Crippen molar-refractivity contribution >= 4 is 5.96 Å². The van der Waals surface area contributed by atoms with E-state index < -0.39 is 0 Å². The molecular formula is C14H19N5. The lowest BCUT2D eigenvalue weighted by atomic mass is 10.1. The molecule has 0 bridgehead atoms. The number of nitrogens with one attached hydrogen (secondary N) is 1. The van der Waals surface area contributed by atoms with Gasteiger partial charge in [-0.1, -0.05) is 30.3 Å². The maximum Gasteiger partial charge on any atom is 0.188 e. The average Bonchev–Trinajstić information content (AvgIpc) is 2.83. The van der Waals surface area contributed by atoms with Gasteiger partial charge in [0.1, 0.15) is 0 Å². The fraction of sp³-hybridized carbons (Fsp3) is 0.286. The topological polar surface area (TPSA) is 68.2 Å². The number of nitrogens with two attached hydrogens (primary N) is 1. The molecule has 3 N–H and O–H groups in total. The zero-order valence-corrected chi connectivity index (χ0v) is 11.1. The molecule has 0 unspecified atom stereocenters. The number of aromatic nitrogens is 2. The van der Waals surface area contributed by atoms with E-state index in [-0.39, 0.29) is 0 Å². The monoisotopic (exact) mass is 257 g/mol. The fourth-order valence-corrected chi connectivity index (χ4v) is 1.76. The summed E-state index contributed by atoms with van der Waals surface area (Å²) in [5, 5.41) is 7.19. The van der Waals surface area contributed by atoms with Gasteiger partial charge in [-0.15, -0.1) is 0 Å². The first-order chi connectivity index (χ1) is 9.25. The van der Waals surface area contributed by atoms with Gasteiger partial charge in [0.25, 0.3) is 0 Å². The molecular weight excluding hydrogens is 238 g/mol. The summed E-state index contributed by atoms with van der Waals surface area (Å²) in [7, 11) is 1.89. The van der Waals surface area contributed by atoms with E-state index in [1.54, 1.807) is 10.9 Å². The number of nitrogens with zero attached hydrogens (tertiary/aromatic N) is 3. The van der Waals surface area contributed by atoms with E-state index in [0.717, 1.165) is 18.7 Å². The molecule has 0 atom stereocenters. The molecule has 1 aromatic heterocycles. The van der Waals surface area contributed by atoms with E-state index in [0.29, 0.717) is 12.5 Å². The number of hydrogen-bond donors (Lipinski definition) is 2. The minimum absolute atomic E-state index is 0.470. The summed E-state index contributed by atoms with van der Waals surface area (Å²) in [6.07, 6.45) is 2.69. The summed E-state index contributed by atoms with van der Waals surface area (Å²) in [6, 6.07) is 12.2. The third kappa shape index (κ3) is 4.13. The highest BCUT2D eigenvalue weighted by Gasteiger charge is 1.97. The van der Waals surface area contributed by atoms with Gasteiger partial charge in [-0.05, 0) is 18.1 Å². The highest BCUT2D eigenvalue weighted by molar-refractivity contribution is 5.77. The highest BCUT2D eigenvalue weighted by Crippen LogP contribution is 1.99. The minimum atomic E-state index is 0.470. The first kappa shape index (κ1) is 13.1. The van der Waals surface area contributed by atoms with Crippen LogP contribution in [0, 0.1) is 0 Å². The Morgan fingerprint density at radius 1 is 1.32 bits per heavy atom. The lowest BCUT2D eigenvalue weighted by Gasteiger charge is -2.05. The lowest BCUT2D eigenvalue weighted by molar-refractivity contribution is 0.710. The van der Waals surface area contributed by atoms with Crippen LogP contribution in [0.5, 0.6) is 0 Å². The van der Waals surface area contributed by atoms with Gasteiger partial charge in [-0.2, -0.15) is 5.10 Å². The smallest absolute Gasteiger partial charge is 0.188 e. The molecule has 1 aromatic carbocycles. The summed E-state index contributed by atoms with van der Waals surface area (Å²) in [4.78, 5) is 4.28. The molecule has 5 heteroatoms. The standard InChI is InChI=1S/C14H19N5/c1-19-13(8-10-18-19)11-17-14(15)16-9-7-12-5-3-2-4-6-12/h2-6,8,10H,7,9,11H2,1H3,(H3,15,16,17). The summed E-state index contributed by atoms with van der Waals surface area (Å²) >= 11 is 0. The van der Waals surface area contributed by atoms with Crippen molar-refractivity contribution < 1.29 is 0 Å². The van der Waals surface area contributed by atoms with E-state index in [1.165, 1.54) is 5.56 Å². The Labute approximate surface area is 113 Å². The molecule has 0 saturated carbocycles. The van der Waals surface area contributed by atoms with Crippen LogP contribution in [0.25, 0.3) is 0 Å². The van der Waals surface area contributed by atoms with Crippen LogP contribution in [0.15, 0.2) is 47.6 Å². The maximum atomic E-state index is 5.81. The summed E-state index contributed by atoms with van der Waals surface area (Å²) in [5.74, 6) is 0.470. The molecule has 1 heterocycles. The van der Waals surface area contributed by atoms with Crippen LogP contribution >= 0.6 is 0 Å². The number of aliphatic imine (C=N–C) groups is 1. The molecule has 0 aliphatic rings. The van der Waals surface area contributed by atoms with E-state index in [4.69, 9.17) is 5.73 Å². The third-order valence-corrected chi connectivity index (χ3v) is 2.90. The summed E-state index contributed by atoms with van der Waals surface area (Å²) in [5.41, 5.74) is 8.14. The molecule has 0 spiro atoms. The van der Waals surface area contributed by atoms with E-state index in [1.807, 2.05) is 31.3 Å². The number of benzene rings is 1. The first-order valence-corrected chi connectivity index (χ1v) is 6.30. The van der Waals surface area contributed by atoms with Gasteiger partial charge in [0.05, 0.1) is 12.2 Å². The normalized spacial score (nSPS) is 11.5. The second-order valence-corrected chi connectivity index (χ2v) is 4.31. The van der Waals surface area contributed by atoms with Crippen LogP contribution in [0.3, 0.4) is 0 Å². The van der Waals surface area contributed by atoms with Gasteiger partial charge >= 0.3 is 0 Å². The van der Waals surface area contributed by atoms with Crippen LogP contribution < -0.4 is 11.1 Å². The molecule has 0 amide bonds. The van der Waals surface area contributed by atoms with Crippen molar-refractivity contribution in [1.29, 1.82) is 0 Å². The largest absolute Gasteiger partial charge is 0.370 e. The predicted molar refractivity (Wildman–Crippen MR) is 76.7 cm³/mol. The predicted octanol–water partition coefficient (Wildman–Crippen LogP) is 1.07. The van der Waals surface area contributed by atoms with E-state index in [2.05, 4.69) is 27.5 Å². The van der Waals surface area contributed by atoms with E-state index >= 15 is 0 Å². The molecule has 0 aliphatic heterocycles. The van der Waals surface area contributed by atoms with Crippen LogP contribution in [0.2, 0.25) is 0 Å². The van der Waals surface area contributed by atoms with Crippen molar-refractivity contribution in [3.05, 3.63) is 53.9 Å². The molecule has 19 heavy (non-hydrogen) atoms. The highest BCUT2D eigenvalue weighted by atomic mass is 15.3. The van der Waals surface area contributed by atoms with Crippen molar-refractivity contribution in [2.24, 2.45) is 17.8 Å². The lowest BCUT2D eigenvalue weighted by Crippen LogP contribution is -2.33. The molecule has 0 fully saturated rings. The Morgan fingerprint density at radius 3 is 2.79 bits per heavy atom. The van der Waals surface area contributed by atoms with Crippen LogP contribution in [-0.4, -0.2) is 22.3 Å². The van der Waals surface area contributed by atoms with Crippen LogP contribution in [-0.2, 0) is 20.0 Å². The minimum Gasteiger partial charge on any atom is -0.370 e. The molecule has 2 rings (SSSR count). The molecule has 0 aliphatic carbocycles. The zero-order chi connectivity index (χ0) is 13.5. The fourth-order valence-electron chi connectivity index (χ4n) is 1.76. The Kier molecular flexibility index (Phi) is 4.55. The second-order valence-electron chi connectivity index (χ2n) is 4.31. The average molecular weight is 257 g/mol.